The predicted molar refractivity (Wildman–Crippen MR) is 72.6 cm³/mol. The van der Waals surface area contributed by atoms with E-state index in [0.29, 0.717) is 6.04 Å². The van der Waals surface area contributed by atoms with Crippen molar-refractivity contribution in [2.24, 2.45) is 0 Å². The third-order valence-corrected chi connectivity index (χ3v) is 2.82. The third-order valence-electron chi connectivity index (χ3n) is 2.82. The number of rotatable bonds is 7. The largest absolute Gasteiger partial charge is 0.492 e. The number of benzene rings is 1. The van der Waals surface area contributed by atoms with Gasteiger partial charge < -0.3 is 15.0 Å². The molecule has 0 aliphatic heterocycles. The average molecular weight is 236 g/mol. The molecule has 0 saturated heterocycles. The van der Waals surface area contributed by atoms with Crippen molar-refractivity contribution in [1.29, 1.82) is 0 Å². The Morgan fingerprint density at radius 2 is 2.12 bits per heavy atom. The standard InChI is InChI=1S/C14H24N2O/c1-5-14(15-2)12-7-6-8-13(11-12)17-10-9-16(3)4/h6-8,11,14-15H,5,9-10H2,1-4H3. The van der Waals surface area contributed by atoms with Gasteiger partial charge in [-0.15, -0.1) is 0 Å². The lowest BCUT2D eigenvalue weighted by Gasteiger charge is -2.16. The quantitative estimate of drug-likeness (QED) is 0.786. The normalized spacial score (nSPS) is 12.8. The summed E-state index contributed by atoms with van der Waals surface area (Å²) in [5.74, 6) is 0.957. The molecule has 1 rings (SSSR count). The van der Waals surface area contributed by atoms with Crippen molar-refractivity contribution in [3.63, 3.8) is 0 Å². The molecule has 0 amide bonds. The summed E-state index contributed by atoms with van der Waals surface area (Å²) in [7, 11) is 6.09. The maximum absolute atomic E-state index is 5.73. The van der Waals surface area contributed by atoms with E-state index < -0.39 is 0 Å². The summed E-state index contributed by atoms with van der Waals surface area (Å²) in [6, 6.07) is 8.75. The van der Waals surface area contributed by atoms with Crippen LogP contribution in [0.4, 0.5) is 0 Å². The highest BCUT2D eigenvalue weighted by Crippen LogP contribution is 2.21. The van der Waals surface area contributed by atoms with Crippen molar-refractivity contribution in [1.82, 2.24) is 10.2 Å². The van der Waals surface area contributed by atoms with Crippen LogP contribution in [-0.4, -0.2) is 39.2 Å². The molecule has 1 atom stereocenters. The van der Waals surface area contributed by atoms with E-state index in [1.807, 2.05) is 27.2 Å². The number of nitrogens with zero attached hydrogens (tertiary/aromatic N) is 1. The fourth-order valence-corrected chi connectivity index (χ4v) is 1.77. The zero-order valence-corrected chi connectivity index (χ0v) is 11.4. The summed E-state index contributed by atoms with van der Waals surface area (Å²) in [6.07, 6.45) is 1.08. The van der Waals surface area contributed by atoms with E-state index in [2.05, 4.69) is 35.3 Å². The van der Waals surface area contributed by atoms with Crippen molar-refractivity contribution in [2.45, 2.75) is 19.4 Å². The molecule has 0 aliphatic rings. The molecular formula is C14H24N2O. The molecule has 3 nitrogen and oxygen atoms in total. The highest BCUT2D eigenvalue weighted by Gasteiger charge is 2.07. The molecule has 0 saturated carbocycles. The summed E-state index contributed by atoms with van der Waals surface area (Å²) in [6.45, 7) is 3.85. The van der Waals surface area contributed by atoms with Crippen molar-refractivity contribution in [2.75, 3.05) is 34.3 Å². The molecule has 0 aromatic heterocycles. The van der Waals surface area contributed by atoms with Crippen molar-refractivity contribution in [3.05, 3.63) is 29.8 Å². The van der Waals surface area contributed by atoms with Crippen LogP contribution in [0.1, 0.15) is 24.9 Å². The number of hydrogen-bond donors (Lipinski definition) is 1. The summed E-state index contributed by atoms with van der Waals surface area (Å²) in [5, 5.41) is 3.31. The number of likely N-dealkylation sites (N-methyl/N-ethyl adjacent to an activating group) is 1. The molecule has 0 spiro atoms. The second-order valence-electron chi connectivity index (χ2n) is 4.47. The summed E-state index contributed by atoms with van der Waals surface area (Å²) >= 11 is 0. The van der Waals surface area contributed by atoms with Gasteiger partial charge in [-0.25, -0.2) is 0 Å². The van der Waals surface area contributed by atoms with Crippen molar-refractivity contribution in [3.8, 4) is 5.75 Å². The van der Waals surface area contributed by atoms with Gasteiger partial charge in [-0.3, -0.25) is 0 Å². The van der Waals surface area contributed by atoms with Crippen LogP contribution in [-0.2, 0) is 0 Å². The Morgan fingerprint density at radius 3 is 2.71 bits per heavy atom. The zero-order chi connectivity index (χ0) is 12.7. The Hall–Kier alpha value is -1.06. The molecule has 1 aromatic rings. The zero-order valence-electron chi connectivity index (χ0n) is 11.4. The fourth-order valence-electron chi connectivity index (χ4n) is 1.77. The number of nitrogens with one attached hydrogen (secondary N) is 1. The first-order valence-electron chi connectivity index (χ1n) is 6.22. The Balaban J connectivity index is 2.59. The van der Waals surface area contributed by atoms with E-state index in [4.69, 9.17) is 4.74 Å². The number of ether oxygens (including phenoxy) is 1. The lowest BCUT2D eigenvalue weighted by atomic mass is 10.0. The van der Waals surface area contributed by atoms with Crippen LogP contribution in [0.25, 0.3) is 0 Å². The van der Waals surface area contributed by atoms with E-state index in [1.54, 1.807) is 0 Å². The monoisotopic (exact) mass is 236 g/mol. The van der Waals surface area contributed by atoms with Gasteiger partial charge in [0.05, 0.1) is 0 Å². The Morgan fingerprint density at radius 1 is 1.35 bits per heavy atom. The second-order valence-corrected chi connectivity index (χ2v) is 4.47. The molecule has 1 N–H and O–H groups in total. The van der Waals surface area contributed by atoms with Gasteiger partial charge in [0, 0.05) is 12.6 Å². The smallest absolute Gasteiger partial charge is 0.119 e. The van der Waals surface area contributed by atoms with Gasteiger partial charge in [0.15, 0.2) is 0 Å². The lowest BCUT2D eigenvalue weighted by molar-refractivity contribution is 0.261. The predicted octanol–water partition coefficient (Wildman–Crippen LogP) is 2.30. The molecule has 96 valence electrons. The first-order valence-corrected chi connectivity index (χ1v) is 6.22. The van der Waals surface area contributed by atoms with Gasteiger partial charge in [0.25, 0.3) is 0 Å². The maximum atomic E-state index is 5.73. The molecule has 17 heavy (non-hydrogen) atoms. The summed E-state index contributed by atoms with van der Waals surface area (Å²) < 4.78 is 5.73. The van der Waals surface area contributed by atoms with Gasteiger partial charge >= 0.3 is 0 Å². The molecule has 0 fully saturated rings. The lowest BCUT2D eigenvalue weighted by Crippen LogP contribution is -2.19. The first-order chi connectivity index (χ1) is 8.17. The minimum Gasteiger partial charge on any atom is -0.492 e. The van der Waals surface area contributed by atoms with Crippen LogP contribution < -0.4 is 10.1 Å². The Bertz CT molecular complexity index is 322. The fraction of sp³-hybridized carbons (Fsp3) is 0.571. The van der Waals surface area contributed by atoms with Gasteiger partial charge in [-0.2, -0.15) is 0 Å². The Labute approximate surface area is 105 Å². The minimum absolute atomic E-state index is 0.410. The molecular weight excluding hydrogens is 212 g/mol. The van der Waals surface area contributed by atoms with E-state index in [-0.39, 0.29) is 0 Å². The topological polar surface area (TPSA) is 24.5 Å². The number of hydrogen-bond acceptors (Lipinski definition) is 3. The van der Waals surface area contributed by atoms with Gasteiger partial charge in [0.2, 0.25) is 0 Å². The molecule has 3 heteroatoms. The van der Waals surface area contributed by atoms with Crippen LogP contribution >= 0.6 is 0 Å². The van der Waals surface area contributed by atoms with Gasteiger partial charge in [-0.1, -0.05) is 19.1 Å². The van der Waals surface area contributed by atoms with Crippen molar-refractivity contribution >= 4 is 0 Å². The molecule has 1 aromatic carbocycles. The maximum Gasteiger partial charge on any atom is 0.119 e. The van der Waals surface area contributed by atoms with Crippen LogP contribution in [0.15, 0.2) is 24.3 Å². The van der Waals surface area contributed by atoms with Crippen molar-refractivity contribution < 1.29 is 4.74 Å². The van der Waals surface area contributed by atoms with E-state index >= 15 is 0 Å². The van der Waals surface area contributed by atoms with Gasteiger partial charge in [0.1, 0.15) is 12.4 Å². The van der Waals surface area contributed by atoms with Crippen LogP contribution in [0, 0.1) is 0 Å². The molecule has 0 bridgehead atoms. The van der Waals surface area contributed by atoms with E-state index in [1.165, 1.54) is 5.56 Å². The van der Waals surface area contributed by atoms with Crippen LogP contribution in [0.5, 0.6) is 5.75 Å². The van der Waals surface area contributed by atoms with Crippen LogP contribution in [0.2, 0.25) is 0 Å². The third kappa shape index (κ3) is 4.75. The minimum atomic E-state index is 0.410. The molecule has 0 aliphatic carbocycles. The average Bonchev–Trinajstić information content (AvgIpc) is 2.31. The SMILES string of the molecule is CCC(NC)c1cccc(OCCN(C)C)c1. The first kappa shape index (κ1) is 14.0. The second kappa shape index (κ2) is 7.30. The molecule has 0 heterocycles. The Kier molecular flexibility index (Phi) is 6.01. The highest BCUT2D eigenvalue weighted by atomic mass is 16.5. The summed E-state index contributed by atoms with van der Waals surface area (Å²) in [4.78, 5) is 2.12. The molecule has 1 unspecified atom stereocenters. The van der Waals surface area contributed by atoms with Crippen LogP contribution in [0.3, 0.4) is 0 Å². The van der Waals surface area contributed by atoms with E-state index in [9.17, 15) is 0 Å². The van der Waals surface area contributed by atoms with E-state index in [0.717, 1.165) is 25.3 Å². The summed E-state index contributed by atoms with van der Waals surface area (Å²) in [5.41, 5.74) is 1.29. The van der Waals surface area contributed by atoms with Gasteiger partial charge in [-0.05, 0) is 45.3 Å². The highest BCUT2D eigenvalue weighted by molar-refractivity contribution is 5.30. The molecule has 0 radical (unpaired) electrons.